The SMILES string of the molecule is COc1ccnc(-c2nc(C(C)C)no2)c1. The Bertz CT molecular complexity index is 480. The standard InChI is InChI=1S/C11H13N3O2/c1-7(2)10-13-11(16-14-10)9-6-8(15-3)4-5-12-9/h4-7H,1-3H3. The fourth-order valence-corrected chi connectivity index (χ4v) is 1.23. The molecule has 0 saturated heterocycles. The second kappa shape index (κ2) is 4.30. The Morgan fingerprint density at radius 2 is 2.19 bits per heavy atom. The normalized spacial score (nSPS) is 10.8. The van der Waals surface area contributed by atoms with Gasteiger partial charge in [-0.1, -0.05) is 19.0 Å². The average Bonchev–Trinajstić information content (AvgIpc) is 2.78. The number of hydrogen-bond donors (Lipinski definition) is 0. The molecular weight excluding hydrogens is 206 g/mol. The highest BCUT2D eigenvalue weighted by Gasteiger charge is 2.12. The van der Waals surface area contributed by atoms with Crippen LogP contribution in [0.25, 0.3) is 11.6 Å². The van der Waals surface area contributed by atoms with E-state index in [2.05, 4.69) is 15.1 Å². The van der Waals surface area contributed by atoms with Crippen molar-refractivity contribution in [2.24, 2.45) is 0 Å². The summed E-state index contributed by atoms with van der Waals surface area (Å²) in [6, 6.07) is 3.53. The zero-order chi connectivity index (χ0) is 11.5. The van der Waals surface area contributed by atoms with E-state index in [0.717, 1.165) is 0 Å². The molecule has 0 aromatic carbocycles. The molecule has 2 rings (SSSR count). The lowest BCUT2D eigenvalue weighted by Crippen LogP contribution is -1.90. The lowest BCUT2D eigenvalue weighted by atomic mass is 10.2. The smallest absolute Gasteiger partial charge is 0.276 e. The van der Waals surface area contributed by atoms with Crippen molar-refractivity contribution >= 4 is 0 Å². The summed E-state index contributed by atoms with van der Waals surface area (Å²) in [6.07, 6.45) is 1.65. The summed E-state index contributed by atoms with van der Waals surface area (Å²) in [5.41, 5.74) is 0.624. The minimum atomic E-state index is 0.239. The molecule has 16 heavy (non-hydrogen) atoms. The molecule has 0 aliphatic rings. The Labute approximate surface area is 93.5 Å². The van der Waals surface area contributed by atoms with Gasteiger partial charge in [0.1, 0.15) is 11.4 Å². The number of hydrogen-bond acceptors (Lipinski definition) is 5. The molecule has 2 aromatic rings. The summed E-state index contributed by atoms with van der Waals surface area (Å²) in [6.45, 7) is 4.02. The van der Waals surface area contributed by atoms with Crippen LogP contribution in [0.2, 0.25) is 0 Å². The number of rotatable bonds is 3. The van der Waals surface area contributed by atoms with E-state index in [-0.39, 0.29) is 5.92 Å². The molecule has 0 aliphatic heterocycles. The summed E-state index contributed by atoms with van der Waals surface area (Å²) in [4.78, 5) is 8.41. The lowest BCUT2D eigenvalue weighted by molar-refractivity contribution is 0.410. The third kappa shape index (κ3) is 2.03. The zero-order valence-electron chi connectivity index (χ0n) is 9.47. The van der Waals surface area contributed by atoms with E-state index in [1.54, 1.807) is 25.4 Å². The second-order valence-corrected chi connectivity index (χ2v) is 3.69. The number of methoxy groups -OCH3 is 1. The van der Waals surface area contributed by atoms with Gasteiger partial charge in [0, 0.05) is 18.2 Å². The van der Waals surface area contributed by atoms with Gasteiger partial charge in [0.2, 0.25) is 0 Å². The first-order chi connectivity index (χ1) is 7.70. The molecule has 0 fully saturated rings. The molecule has 84 valence electrons. The van der Waals surface area contributed by atoms with E-state index in [1.807, 2.05) is 13.8 Å². The number of aromatic nitrogens is 3. The average molecular weight is 219 g/mol. The van der Waals surface area contributed by atoms with Crippen LogP contribution in [0.3, 0.4) is 0 Å². The molecule has 5 nitrogen and oxygen atoms in total. The number of pyridine rings is 1. The van der Waals surface area contributed by atoms with Crippen LogP contribution in [-0.2, 0) is 0 Å². The molecule has 0 radical (unpaired) electrons. The molecule has 0 atom stereocenters. The Morgan fingerprint density at radius 1 is 1.38 bits per heavy atom. The fourth-order valence-electron chi connectivity index (χ4n) is 1.23. The van der Waals surface area contributed by atoms with Crippen molar-refractivity contribution < 1.29 is 9.26 Å². The monoisotopic (exact) mass is 219 g/mol. The van der Waals surface area contributed by atoms with Gasteiger partial charge < -0.3 is 9.26 Å². The van der Waals surface area contributed by atoms with Gasteiger partial charge in [-0.3, -0.25) is 4.98 Å². The second-order valence-electron chi connectivity index (χ2n) is 3.69. The van der Waals surface area contributed by atoms with E-state index in [9.17, 15) is 0 Å². The molecule has 0 unspecified atom stereocenters. The van der Waals surface area contributed by atoms with Crippen LogP contribution < -0.4 is 4.74 Å². The van der Waals surface area contributed by atoms with Crippen molar-refractivity contribution in [1.29, 1.82) is 0 Å². The summed E-state index contributed by atoms with van der Waals surface area (Å²) in [5.74, 6) is 2.06. The molecule has 0 spiro atoms. The van der Waals surface area contributed by atoms with Gasteiger partial charge >= 0.3 is 0 Å². The van der Waals surface area contributed by atoms with Gasteiger partial charge in [-0.05, 0) is 6.07 Å². The summed E-state index contributed by atoms with van der Waals surface area (Å²) < 4.78 is 10.2. The molecular formula is C11H13N3O2. The van der Waals surface area contributed by atoms with Crippen molar-refractivity contribution in [3.05, 3.63) is 24.2 Å². The van der Waals surface area contributed by atoms with E-state index in [0.29, 0.717) is 23.2 Å². The first-order valence-corrected chi connectivity index (χ1v) is 5.04. The molecule has 5 heteroatoms. The van der Waals surface area contributed by atoms with E-state index in [1.165, 1.54) is 0 Å². The Balaban J connectivity index is 2.34. The van der Waals surface area contributed by atoms with E-state index in [4.69, 9.17) is 9.26 Å². The third-order valence-corrected chi connectivity index (χ3v) is 2.14. The summed E-state index contributed by atoms with van der Waals surface area (Å²) >= 11 is 0. The minimum absolute atomic E-state index is 0.239. The van der Waals surface area contributed by atoms with Crippen LogP contribution in [0, 0.1) is 0 Å². The van der Waals surface area contributed by atoms with Crippen molar-refractivity contribution in [1.82, 2.24) is 15.1 Å². The van der Waals surface area contributed by atoms with Crippen LogP contribution in [0.15, 0.2) is 22.9 Å². The van der Waals surface area contributed by atoms with Gasteiger partial charge in [0.15, 0.2) is 5.82 Å². The van der Waals surface area contributed by atoms with Gasteiger partial charge in [0.05, 0.1) is 7.11 Å². The predicted molar refractivity (Wildman–Crippen MR) is 58.2 cm³/mol. The maximum atomic E-state index is 5.13. The molecule has 0 aliphatic carbocycles. The topological polar surface area (TPSA) is 61.0 Å². The fraction of sp³-hybridized carbons (Fsp3) is 0.364. The van der Waals surface area contributed by atoms with Gasteiger partial charge in [-0.2, -0.15) is 4.98 Å². The Morgan fingerprint density at radius 3 is 2.81 bits per heavy atom. The largest absolute Gasteiger partial charge is 0.497 e. The van der Waals surface area contributed by atoms with Crippen molar-refractivity contribution in [3.8, 4) is 17.3 Å². The van der Waals surface area contributed by atoms with Gasteiger partial charge in [-0.15, -0.1) is 0 Å². The first-order valence-electron chi connectivity index (χ1n) is 5.04. The summed E-state index contributed by atoms with van der Waals surface area (Å²) in [5, 5.41) is 3.88. The number of nitrogens with zero attached hydrogens (tertiary/aromatic N) is 3. The van der Waals surface area contributed by atoms with Crippen LogP contribution in [0.4, 0.5) is 0 Å². The van der Waals surface area contributed by atoms with Crippen LogP contribution in [0.5, 0.6) is 5.75 Å². The van der Waals surface area contributed by atoms with E-state index >= 15 is 0 Å². The minimum Gasteiger partial charge on any atom is -0.497 e. The van der Waals surface area contributed by atoms with E-state index < -0.39 is 0 Å². The highest BCUT2D eigenvalue weighted by Crippen LogP contribution is 2.21. The van der Waals surface area contributed by atoms with Gasteiger partial charge in [-0.25, -0.2) is 0 Å². The highest BCUT2D eigenvalue weighted by molar-refractivity contribution is 5.49. The molecule has 0 N–H and O–H groups in total. The molecule has 2 aromatic heterocycles. The maximum Gasteiger partial charge on any atom is 0.276 e. The third-order valence-electron chi connectivity index (χ3n) is 2.14. The van der Waals surface area contributed by atoms with Crippen molar-refractivity contribution in [3.63, 3.8) is 0 Å². The first kappa shape index (κ1) is 10.6. The maximum absolute atomic E-state index is 5.13. The molecule has 0 saturated carbocycles. The Kier molecular flexibility index (Phi) is 2.85. The zero-order valence-corrected chi connectivity index (χ0v) is 9.47. The van der Waals surface area contributed by atoms with Crippen LogP contribution in [0.1, 0.15) is 25.6 Å². The van der Waals surface area contributed by atoms with Crippen LogP contribution >= 0.6 is 0 Å². The lowest BCUT2D eigenvalue weighted by Gasteiger charge is -1.99. The Hall–Kier alpha value is -1.91. The predicted octanol–water partition coefficient (Wildman–Crippen LogP) is 2.26. The van der Waals surface area contributed by atoms with Crippen LogP contribution in [-0.4, -0.2) is 22.2 Å². The molecule has 0 amide bonds. The molecule has 0 bridgehead atoms. The summed E-state index contributed by atoms with van der Waals surface area (Å²) in [7, 11) is 1.60. The quantitative estimate of drug-likeness (QED) is 0.792. The highest BCUT2D eigenvalue weighted by atomic mass is 16.5. The molecule has 2 heterocycles. The number of ether oxygens (including phenoxy) is 1. The van der Waals surface area contributed by atoms with Crippen molar-refractivity contribution in [2.45, 2.75) is 19.8 Å². The van der Waals surface area contributed by atoms with Crippen molar-refractivity contribution in [2.75, 3.05) is 7.11 Å². The van der Waals surface area contributed by atoms with Gasteiger partial charge in [0.25, 0.3) is 5.89 Å².